The fourth-order valence-corrected chi connectivity index (χ4v) is 2.87. The molecule has 4 nitrogen and oxygen atoms in total. The van der Waals surface area contributed by atoms with E-state index in [0.717, 1.165) is 22.8 Å². The second-order valence-electron chi connectivity index (χ2n) is 3.87. The van der Waals surface area contributed by atoms with Crippen molar-refractivity contribution in [3.05, 3.63) is 18.2 Å². The van der Waals surface area contributed by atoms with Crippen LogP contribution in [0.1, 0.15) is 6.42 Å². The topological polar surface area (TPSA) is 44.8 Å². The second-order valence-corrected chi connectivity index (χ2v) is 5.14. The highest BCUT2D eigenvalue weighted by Gasteiger charge is 2.27. The van der Waals surface area contributed by atoms with Crippen LogP contribution in [0.4, 0.5) is 0 Å². The van der Waals surface area contributed by atoms with Gasteiger partial charge in [-0.3, -0.25) is 4.79 Å². The third kappa shape index (κ3) is 2.20. The quantitative estimate of drug-likeness (QED) is 0.752. The zero-order valence-electron chi connectivity index (χ0n) is 9.18. The summed E-state index contributed by atoms with van der Waals surface area (Å²) in [6, 6.07) is 5.76. The van der Waals surface area contributed by atoms with E-state index < -0.39 is 0 Å². The number of benzene rings is 1. The van der Waals surface area contributed by atoms with Crippen molar-refractivity contribution in [2.75, 3.05) is 19.8 Å². The summed E-state index contributed by atoms with van der Waals surface area (Å²) in [6.07, 6.45) is 0.776. The predicted molar refractivity (Wildman–Crippen MR) is 62.7 cm³/mol. The van der Waals surface area contributed by atoms with Crippen molar-refractivity contribution in [3.63, 3.8) is 0 Å². The van der Waals surface area contributed by atoms with Crippen molar-refractivity contribution in [1.82, 2.24) is 0 Å². The van der Waals surface area contributed by atoms with Crippen molar-refractivity contribution < 1.29 is 19.0 Å². The van der Waals surface area contributed by atoms with Gasteiger partial charge >= 0.3 is 5.97 Å². The monoisotopic (exact) mass is 252 g/mol. The Bertz CT molecular complexity index is 446. The van der Waals surface area contributed by atoms with E-state index in [2.05, 4.69) is 0 Å². The van der Waals surface area contributed by atoms with Crippen molar-refractivity contribution in [1.29, 1.82) is 0 Å². The van der Waals surface area contributed by atoms with Crippen LogP contribution in [0, 0.1) is 0 Å². The van der Waals surface area contributed by atoms with Gasteiger partial charge in [0.15, 0.2) is 11.5 Å². The number of hydrogen-bond acceptors (Lipinski definition) is 5. The molecule has 0 spiro atoms. The Balaban J connectivity index is 1.77. The normalized spacial score (nSPS) is 22.4. The van der Waals surface area contributed by atoms with Crippen molar-refractivity contribution in [2.24, 2.45) is 0 Å². The third-order valence-corrected chi connectivity index (χ3v) is 3.92. The first kappa shape index (κ1) is 10.8. The maximum Gasteiger partial charge on any atom is 0.319 e. The number of carbonyl (C=O) groups is 1. The molecule has 2 heterocycles. The number of ether oxygens (including phenoxy) is 3. The van der Waals surface area contributed by atoms with Gasteiger partial charge < -0.3 is 14.2 Å². The van der Waals surface area contributed by atoms with Crippen LogP contribution in [0.25, 0.3) is 0 Å². The molecule has 0 radical (unpaired) electrons. The van der Waals surface area contributed by atoms with Crippen molar-refractivity contribution in [3.8, 4) is 11.5 Å². The molecule has 0 bridgehead atoms. The Morgan fingerprint density at radius 2 is 1.88 bits per heavy atom. The first-order chi connectivity index (χ1) is 8.33. The Kier molecular flexibility index (Phi) is 2.84. The standard InChI is InChI=1S/C12H12O4S/c13-12-11(3-4-16-12)17-8-1-2-9-10(7-8)15-6-5-14-9/h1-2,7,11H,3-6H2/t11-/m1/s1. The summed E-state index contributed by atoms with van der Waals surface area (Å²) in [5.41, 5.74) is 0. The molecule has 1 aromatic rings. The van der Waals surface area contributed by atoms with E-state index in [1.54, 1.807) is 0 Å². The molecule has 0 amide bonds. The van der Waals surface area contributed by atoms with Crippen molar-refractivity contribution >= 4 is 17.7 Å². The van der Waals surface area contributed by atoms with Crippen LogP contribution in [0.15, 0.2) is 23.1 Å². The van der Waals surface area contributed by atoms with E-state index in [1.807, 2.05) is 18.2 Å². The summed E-state index contributed by atoms with van der Waals surface area (Å²) in [4.78, 5) is 12.4. The first-order valence-corrected chi connectivity index (χ1v) is 6.44. The van der Waals surface area contributed by atoms with Gasteiger partial charge in [0.2, 0.25) is 0 Å². The minimum absolute atomic E-state index is 0.0856. The highest BCUT2D eigenvalue weighted by Crippen LogP contribution is 2.37. The summed E-state index contributed by atoms with van der Waals surface area (Å²) in [5.74, 6) is 1.41. The number of rotatable bonds is 2. The Morgan fingerprint density at radius 3 is 2.65 bits per heavy atom. The second kappa shape index (κ2) is 4.49. The van der Waals surface area contributed by atoms with E-state index in [9.17, 15) is 4.79 Å². The molecule has 1 fully saturated rings. The number of hydrogen-bond donors (Lipinski definition) is 0. The van der Waals surface area contributed by atoms with Gasteiger partial charge in [0.1, 0.15) is 18.5 Å². The van der Waals surface area contributed by atoms with Gasteiger partial charge in [0.25, 0.3) is 0 Å². The average molecular weight is 252 g/mol. The molecule has 1 aromatic carbocycles. The minimum atomic E-state index is -0.120. The van der Waals surface area contributed by atoms with E-state index in [-0.39, 0.29) is 11.2 Å². The van der Waals surface area contributed by atoms with Gasteiger partial charge in [-0.15, -0.1) is 11.8 Å². The van der Waals surface area contributed by atoms with Crippen molar-refractivity contribution in [2.45, 2.75) is 16.6 Å². The van der Waals surface area contributed by atoms with E-state index >= 15 is 0 Å². The number of esters is 1. The molecule has 0 saturated carbocycles. The molecule has 3 rings (SSSR count). The Labute approximate surface area is 103 Å². The molecule has 0 aromatic heterocycles. The molecular weight excluding hydrogens is 240 g/mol. The lowest BCUT2D eigenvalue weighted by Crippen LogP contribution is -2.15. The summed E-state index contributed by atoms with van der Waals surface area (Å²) >= 11 is 1.52. The van der Waals surface area contributed by atoms with Gasteiger partial charge in [-0.2, -0.15) is 0 Å². The molecule has 90 valence electrons. The molecule has 0 aliphatic carbocycles. The fraction of sp³-hybridized carbons (Fsp3) is 0.417. The lowest BCUT2D eigenvalue weighted by molar-refractivity contribution is -0.137. The number of fused-ring (bicyclic) bond motifs is 1. The third-order valence-electron chi connectivity index (χ3n) is 2.68. The molecule has 2 aliphatic rings. The Morgan fingerprint density at radius 1 is 1.06 bits per heavy atom. The molecule has 5 heteroatoms. The van der Waals surface area contributed by atoms with Crippen LogP contribution in [-0.4, -0.2) is 31.0 Å². The average Bonchev–Trinajstić information content (AvgIpc) is 2.75. The largest absolute Gasteiger partial charge is 0.486 e. The van der Waals surface area contributed by atoms with Gasteiger partial charge in [0.05, 0.1) is 6.61 Å². The number of carbonyl (C=O) groups excluding carboxylic acids is 1. The minimum Gasteiger partial charge on any atom is -0.486 e. The molecule has 0 N–H and O–H groups in total. The predicted octanol–water partition coefficient (Wildman–Crippen LogP) is 1.87. The summed E-state index contributed by atoms with van der Waals surface area (Å²) < 4.78 is 15.9. The molecular formula is C12H12O4S. The van der Waals surface area contributed by atoms with E-state index in [0.29, 0.717) is 19.8 Å². The van der Waals surface area contributed by atoms with E-state index in [1.165, 1.54) is 11.8 Å². The SMILES string of the molecule is O=C1OCC[C@H]1Sc1ccc2c(c1)OCCO2. The van der Waals surface area contributed by atoms with Crippen LogP contribution >= 0.6 is 11.8 Å². The lowest BCUT2D eigenvalue weighted by Gasteiger charge is -2.19. The first-order valence-electron chi connectivity index (χ1n) is 5.56. The summed E-state index contributed by atoms with van der Waals surface area (Å²) in [5, 5.41) is -0.0856. The maximum absolute atomic E-state index is 11.4. The van der Waals surface area contributed by atoms with Gasteiger partial charge in [-0.05, 0) is 18.2 Å². The fourth-order valence-electron chi connectivity index (χ4n) is 1.85. The molecule has 1 atom stereocenters. The molecule has 1 saturated heterocycles. The highest BCUT2D eigenvalue weighted by atomic mass is 32.2. The molecule has 17 heavy (non-hydrogen) atoms. The smallest absolute Gasteiger partial charge is 0.319 e. The summed E-state index contributed by atoms with van der Waals surface area (Å²) in [7, 11) is 0. The number of cyclic esters (lactones) is 1. The summed E-state index contributed by atoms with van der Waals surface area (Å²) in [6.45, 7) is 1.70. The van der Waals surface area contributed by atoms with Crippen LogP contribution in [0.2, 0.25) is 0 Å². The van der Waals surface area contributed by atoms with Gasteiger partial charge in [-0.25, -0.2) is 0 Å². The van der Waals surface area contributed by atoms with Crippen LogP contribution in [0.3, 0.4) is 0 Å². The van der Waals surface area contributed by atoms with Crippen LogP contribution in [0.5, 0.6) is 11.5 Å². The Hall–Kier alpha value is -1.36. The molecule has 0 unspecified atom stereocenters. The van der Waals surface area contributed by atoms with Crippen LogP contribution in [-0.2, 0) is 9.53 Å². The van der Waals surface area contributed by atoms with Crippen LogP contribution < -0.4 is 9.47 Å². The zero-order valence-corrected chi connectivity index (χ0v) is 10.00. The highest BCUT2D eigenvalue weighted by molar-refractivity contribution is 8.00. The van der Waals surface area contributed by atoms with E-state index in [4.69, 9.17) is 14.2 Å². The molecule has 2 aliphatic heterocycles. The van der Waals surface area contributed by atoms with Gasteiger partial charge in [0, 0.05) is 11.3 Å². The van der Waals surface area contributed by atoms with Gasteiger partial charge in [-0.1, -0.05) is 0 Å². The maximum atomic E-state index is 11.4. The lowest BCUT2D eigenvalue weighted by atomic mass is 10.3. The zero-order chi connectivity index (χ0) is 11.7. The number of thioether (sulfide) groups is 1.